The maximum atomic E-state index is 12.2. The number of halogens is 3. The van der Waals surface area contributed by atoms with Gasteiger partial charge in [-0.3, -0.25) is 0 Å². The quantitative estimate of drug-likeness (QED) is 0.848. The fourth-order valence-corrected chi connectivity index (χ4v) is 1.24. The van der Waals surface area contributed by atoms with E-state index in [0.717, 1.165) is 13.3 Å². The summed E-state index contributed by atoms with van der Waals surface area (Å²) in [6, 6.07) is 0. The molecule has 1 rings (SSSR count). The SMILES string of the molecule is COc1ncc(CN)c(OC(F)(F)F)c1C(=O)O. The lowest BCUT2D eigenvalue weighted by atomic mass is 10.1. The Kier molecular flexibility index (Phi) is 3.96. The number of aromatic carboxylic acids is 1. The number of hydrogen-bond acceptors (Lipinski definition) is 5. The third-order valence-electron chi connectivity index (χ3n) is 1.92. The summed E-state index contributed by atoms with van der Waals surface area (Å²) in [5.74, 6) is -3.06. The predicted octanol–water partition coefficient (Wildman–Crippen LogP) is 1.15. The van der Waals surface area contributed by atoms with Gasteiger partial charge in [-0.15, -0.1) is 13.2 Å². The third-order valence-corrected chi connectivity index (χ3v) is 1.92. The molecule has 3 N–H and O–H groups in total. The molecule has 0 aromatic carbocycles. The number of methoxy groups -OCH3 is 1. The van der Waals surface area contributed by atoms with Crippen LogP contribution in [0, 0.1) is 0 Å². The van der Waals surface area contributed by atoms with Crippen LogP contribution < -0.4 is 15.2 Å². The molecular weight excluding hydrogens is 257 g/mol. The molecule has 100 valence electrons. The van der Waals surface area contributed by atoms with Gasteiger partial charge in [0.25, 0.3) is 0 Å². The Balaban J connectivity index is 3.45. The zero-order chi connectivity index (χ0) is 13.9. The number of ether oxygens (including phenoxy) is 2. The number of rotatable bonds is 4. The van der Waals surface area contributed by atoms with Crippen LogP contribution in [-0.2, 0) is 6.54 Å². The molecule has 0 atom stereocenters. The minimum atomic E-state index is -5.04. The van der Waals surface area contributed by atoms with Crippen molar-refractivity contribution in [3.8, 4) is 11.6 Å². The standard InChI is InChI=1S/C9H9F3N2O4/c1-17-7-5(8(15)16)6(18-9(10,11)12)4(2-13)3-14-7/h3H,2,13H2,1H3,(H,15,16). The van der Waals surface area contributed by atoms with Gasteiger partial charge in [0.1, 0.15) is 0 Å². The molecular formula is C9H9F3N2O4. The number of carbonyl (C=O) groups is 1. The molecule has 9 heteroatoms. The first-order valence-electron chi connectivity index (χ1n) is 4.55. The summed E-state index contributed by atoms with van der Waals surface area (Å²) in [4.78, 5) is 14.5. The highest BCUT2D eigenvalue weighted by atomic mass is 19.4. The number of carboxylic acid groups (broad SMARTS) is 1. The molecule has 0 aliphatic carbocycles. The summed E-state index contributed by atoms with van der Waals surface area (Å²) in [6.07, 6.45) is -4.08. The van der Waals surface area contributed by atoms with Gasteiger partial charge in [0.2, 0.25) is 5.88 Å². The highest BCUT2D eigenvalue weighted by Crippen LogP contribution is 2.34. The van der Waals surface area contributed by atoms with Gasteiger partial charge >= 0.3 is 12.3 Å². The number of nitrogens with two attached hydrogens (primary N) is 1. The van der Waals surface area contributed by atoms with Crippen LogP contribution in [0.4, 0.5) is 13.2 Å². The fraction of sp³-hybridized carbons (Fsp3) is 0.333. The van der Waals surface area contributed by atoms with Crippen LogP contribution in [0.1, 0.15) is 15.9 Å². The summed E-state index contributed by atoms with van der Waals surface area (Å²) in [6.45, 7) is -0.358. The predicted molar refractivity (Wildman–Crippen MR) is 52.3 cm³/mol. The van der Waals surface area contributed by atoms with E-state index in [0.29, 0.717) is 0 Å². The molecule has 1 aromatic heterocycles. The van der Waals surface area contributed by atoms with Crippen LogP contribution in [0.5, 0.6) is 11.6 Å². The minimum Gasteiger partial charge on any atom is -0.480 e. The second-order valence-corrected chi connectivity index (χ2v) is 3.05. The highest BCUT2D eigenvalue weighted by Gasteiger charge is 2.35. The molecule has 0 amide bonds. The average molecular weight is 266 g/mol. The van der Waals surface area contributed by atoms with Crippen molar-refractivity contribution in [2.24, 2.45) is 5.73 Å². The van der Waals surface area contributed by atoms with Gasteiger partial charge in [-0.1, -0.05) is 0 Å². The highest BCUT2D eigenvalue weighted by molar-refractivity contribution is 5.94. The first-order valence-corrected chi connectivity index (χ1v) is 4.55. The number of aromatic nitrogens is 1. The maximum Gasteiger partial charge on any atom is 0.573 e. The van der Waals surface area contributed by atoms with E-state index >= 15 is 0 Å². The van der Waals surface area contributed by atoms with Crippen LogP contribution in [0.3, 0.4) is 0 Å². The van der Waals surface area contributed by atoms with Crippen molar-refractivity contribution < 1.29 is 32.5 Å². The topological polar surface area (TPSA) is 94.7 Å². The van der Waals surface area contributed by atoms with Crippen molar-refractivity contribution >= 4 is 5.97 Å². The van der Waals surface area contributed by atoms with Gasteiger partial charge in [0, 0.05) is 18.3 Å². The van der Waals surface area contributed by atoms with Crippen molar-refractivity contribution in [3.05, 3.63) is 17.3 Å². The maximum absolute atomic E-state index is 12.2. The molecule has 0 fully saturated rings. The van der Waals surface area contributed by atoms with E-state index in [2.05, 4.69) is 14.5 Å². The summed E-state index contributed by atoms with van der Waals surface area (Å²) in [5.41, 5.74) is 4.20. The van der Waals surface area contributed by atoms with Crippen molar-refractivity contribution in [1.82, 2.24) is 4.98 Å². The molecule has 0 saturated carbocycles. The number of alkyl halides is 3. The fourth-order valence-electron chi connectivity index (χ4n) is 1.24. The zero-order valence-electron chi connectivity index (χ0n) is 9.11. The first-order chi connectivity index (χ1) is 8.30. The molecule has 0 bridgehead atoms. The first kappa shape index (κ1) is 14.0. The summed E-state index contributed by atoms with van der Waals surface area (Å²) < 4.78 is 44.9. The van der Waals surface area contributed by atoms with Crippen LogP contribution in [0.2, 0.25) is 0 Å². The number of carboxylic acids is 1. The summed E-state index contributed by atoms with van der Waals surface area (Å²) >= 11 is 0. The molecule has 1 aromatic rings. The molecule has 0 unspecified atom stereocenters. The van der Waals surface area contributed by atoms with E-state index in [1.807, 2.05) is 0 Å². The normalized spacial score (nSPS) is 11.2. The van der Waals surface area contributed by atoms with Gasteiger partial charge in [-0.25, -0.2) is 9.78 Å². The lowest BCUT2D eigenvalue weighted by Crippen LogP contribution is -2.21. The lowest BCUT2D eigenvalue weighted by molar-refractivity contribution is -0.275. The van der Waals surface area contributed by atoms with Gasteiger partial charge in [0.05, 0.1) is 7.11 Å². The molecule has 18 heavy (non-hydrogen) atoms. The number of nitrogens with zero attached hydrogens (tertiary/aromatic N) is 1. The number of hydrogen-bond donors (Lipinski definition) is 2. The Hall–Kier alpha value is -2.03. The van der Waals surface area contributed by atoms with Gasteiger partial charge < -0.3 is 20.3 Å². The van der Waals surface area contributed by atoms with Crippen molar-refractivity contribution in [2.75, 3.05) is 7.11 Å². The summed E-state index contributed by atoms with van der Waals surface area (Å²) in [5, 5.41) is 8.89. The van der Waals surface area contributed by atoms with Crippen molar-refractivity contribution in [2.45, 2.75) is 12.9 Å². The smallest absolute Gasteiger partial charge is 0.480 e. The molecule has 0 radical (unpaired) electrons. The Morgan fingerprint density at radius 1 is 1.56 bits per heavy atom. The Morgan fingerprint density at radius 2 is 2.17 bits per heavy atom. The molecule has 0 spiro atoms. The third kappa shape index (κ3) is 3.00. The van der Waals surface area contributed by atoms with Gasteiger partial charge in [0.15, 0.2) is 11.3 Å². The van der Waals surface area contributed by atoms with E-state index in [9.17, 15) is 18.0 Å². The summed E-state index contributed by atoms with van der Waals surface area (Å²) in [7, 11) is 1.08. The molecule has 1 heterocycles. The number of pyridine rings is 1. The Labute approximate surface area is 99.1 Å². The van der Waals surface area contributed by atoms with Gasteiger partial charge in [-0.2, -0.15) is 0 Å². The van der Waals surface area contributed by atoms with Crippen LogP contribution in [0.25, 0.3) is 0 Å². The van der Waals surface area contributed by atoms with E-state index in [4.69, 9.17) is 10.8 Å². The van der Waals surface area contributed by atoms with E-state index in [-0.39, 0.29) is 12.1 Å². The van der Waals surface area contributed by atoms with Crippen molar-refractivity contribution in [1.29, 1.82) is 0 Å². The largest absolute Gasteiger partial charge is 0.573 e. The lowest BCUT2D eigenvalue weighted by Gasteiger charge is -2.15. The van der Waals surface area contributed by atoms with E-state index < -0.39 is 29.5 Å². The van der Waals surface area contributed by atoms with Gasteiger partial charge in [-0.05, 0) is 0 Å². The second kappa shape index (κ2) is 5.08. The minimum absolute atomic E-state index is 0.189. The monoisotopic (exact) mass is 266 g/mol. The molecule has 0 aliphatic rings. The van der Waals surface area contributed by atoms with Crippen LogP contribution in [-0.4, -0.2) is 29.5 Å². The Morgan fingerprint density at radius 3 is 2.56 bits per heavy atom. The van der Waals surface area contributed by atoms with E-state index in [1.165, 1.54) is 0 Å². The molecule has 0 saturated heterocycles. The zero-order valence-corrected chi connectivity index (χ0v) is 9.11. The van der Waals surface area contributed by atoms with Crippen LogP contribution in [0.15, 0.2) is 6.20 Å². The Bertz CT molecular complexity index is 462. The van der Waals surface area contributed by atoms with E-state index in [1.54, 1.807) is 0 Å². The van der Waals surface area contributed by atoms with Crippen molar-refractivity contribution in [3.63, 3.8) is 0 Å². The van der Waals surface area contributed by atoms with Crippen LogP contribution >= 0.6 is 0 Å². The molecule has 0 aliphatic heterocycles. The average Bonchev–Trinajstić information content (AvgIpc) is 2.25. The molecule has 6 nitrogen and oxygen atoms in total. The second-order valence-electron chi connectivity index (χ2n) is 3.05.